The van der Waals surface area contributed by atoms with Gasteiger partial charge in [0.2, 0.25) is 5.95 Å². The Balaban J connectivity index is 1.59. The number of aryl methyl sites for hydroxylation is 2. The smallest absolute Gasteiger partial charge is 0.248 e. The van der Waals surface area contributed by atoms with Crippen LogP contribution in [0.25, 0.3) is 5.69 Å². The van der Waals surface area contributed by atoms with Crippen molar-refractivity contribution in [3.05, 3.63) is 118 Å². The Bertz CT molecular complexity index is 1540. The van der Waals surface area contributed by atoms with E-state index in [1.807, 2.05) is 54.2 Å². The number of aromatic nitrogens is 6. The number of nitrogens with two attached hydrogens (primary N) is 1. The summed E-state index contributed by atoms with van der Waals surface area (Å²) >= 11 is 6.35. The van der Waals surface area contributed by atoms with E-state index in [0.29, 0.717) is 11.0 Å². The maximum absolute atomic E-state index is 7.32. The number of rotatable bonds is 4. The Morgan fingerprint density at radius 1 is 1.03 bits per heavy atom. The molecule has 0 aliphatic carbocycles. The molecule has 0 fully saturated rings. The van der Waals surface area contributed by atoms with Gasteiger partial charge in [-0.1, -0.05) is 64.7 Å². The van der Waals surface area contributed by atoms with E-state index in [4.69, 9.17) is 17.3 Å². The fourth-order valence-corrected chi connectivity index (χ4v) is 5.03. The second-order valence-corrected chi connectivity index (χ2v) is 9.32. The van der Waals surface area contributed by atoms with Crippen LogP contribution >= 0.6 is 11.6 Å². The first-order chi connectivity index (χ1) is 16.9. The highest BCUT2D eigenvalue weighted by molar-refractivity contribution is 6.30. The normalized spacial score (nSPS) is 16.2. The molecule has 0 bridgehead atoms. The Kier molecular flexibility index (Phi) is 4.94. The molecule has 35 heavy (non-hydrogen) atoms. The van der Waals surface area contributed by atoms with E-state index in [1.54, 1.807) is 11.0 Å². The fourth-order valence-electron chi connectivity index (χ4n) is 4.84. The van der Waals surface area contributed by atoms with Gasteiger partial charge in [-0.3, -0.25) is 0 Å². The minimum atomic E-state index is -0.937. The molecule has 2 atom stereocenters. The number of fused-ring (bicyclic) bond motifs is 3. The standard InChI is InChI=1S/C26H23ClN8/c1-16-6-8-18(9-7-16)26(28,23-14-29-15-34(23)2)19-10-11-22-21(13-19)24(17-4-3-5-20(27)12-17)30-25-31-32-33-35(22)25/h3-15,24H,28H2,1-2H3,(H,30,31,33). The van der Waals surface area contributed by atoms with Crippen LogP contribution in [-0.2, 0) is 12.6 Å². The quantitative estimate of drug-likeness (QED) is 0.399. The van der Waals surface area contributed by atoms with Crippen LogP contribution < -0.4 is 11.1 Å². The van der Waals surface area contributed by atoms with E-state index < -0.39 is 5.54 Å². The zero-order valence-corrected chi connectivity index (χ0v) is 20.0. The van der Waals surface area contributed by atoms with Crippen LogP contribution in [0.15, 0.2) is 79.3 Å². The topological polar surface area (TPSA) is 99.5 Å². The summed E-state index contributed by atoms with van der Waals surface area (Å²) in [5.41, 5.74) is 13.2. The van der Waals surface area contributed by atoms with Gasteiger partial charge in [-0.05, 0) is 58.3 Å². The summed E-state index contributed by atoms with van der Waals surface area (Å²) in [5, 5.41) is 16.3. The monoisotopic (exact) mass is 482 g/mol. The number of nitrogens with zero attached hydrogens (tertiary/aromatic N) is 6. The van der Waals surface area contributed by atoms with Crippen molar-refractivity contribution in [2.24, 2.45) is 12.8 Å². The molecule has 0 spiro atoms. The van der Waals surface area contributed by atoms with Gasteiger partial charge in [0, 0.05) is 17.6 Å². The highest BCUT2D eigenvalue weighted by atomic mass is 35.5. The van der Waals surface area contributed by atoms with Gasteiger partial charge < -0.3 is 15.6 Å². The van der Waals surface area contributed by atoms with Crippen molar-refractivity contribution in [3.63, 3.8) is 0 Å². The number of hydrogen-bond acceptors (Lipinski definition) is 6. The minimum absolute atomic E-state index is 0.212. The van der Waals surface area contributed by atoms with Crippen LogP contribution in [0, 0.1) is 6.92 Å². The van der Waals surface area contributed by atoms with Crippen molar-refractivity contribution >= 4 is 17.5 Å². The van der Waals surface area contributed by atoms with Crippen molar-refractivity contribution in [1.29, 1.82) is 0 Å². The van der Waals surface area contributed by atoms with Crippen molar-refractivity contribution in [2.75, 3.05) is 5.32 Å². The molecular weight excluding hydrogens is 460 g/mol. The van der Waals surface area contributed by atoms with E-state index in [2.05, 4.69) is 63.1 Å². The van der Waals surface area contributed by atoms with Gasteiger partial charge in [0.25, 0.3) is 0 Å². The molecule has 3 aromatic carbocycles. The lowest BCUT2D eigenvalue weighted by Gasteiger charge is -2.34. The van der Waals surface area contributed by atoms with Crippen molar-refractivity contribution in [2.45, 2.75) is 18.5 Å². The molecule has 1 aliphatic rings. The van der Waals surface area contributed by atoms with Crippen LogP contribution in [0.2, 0.25) is 5.02 Å². The zero-order chi connectivity index (χ0) is 24.2. The van der Waals surface area contributed by atoms with E-state index in [1.165, 1.54) is 5.56 Å². The van der Waals surface area contributed by atoms with E-state index in [0.717, 1.165) is 33.6 Å². The van der Waals surface area contributed by atoms with Crippen molar-refractivity contribution < 1.29 is 0 Å². The molecule has 0 amide bonds. The molecule has 8 nitrogen and oxygen atoms in total. The van der Waals surface area contributed by atoms with Gasteiger partial charge in [0.1, 0.15) is 5.54 Å². The number of halogens is 1. The predicted molar refractivity (Wildman–Crippen MR) is 135 cm³/mol. The number of nitrogens with one attached hydrogen (secondary N) is 1. The average Bonchev–Trinajstić information content (AvgIpc) is 3.52. The summed E-state index contributed by atoms with van der Waals surface area (Å²) in [5.74, 6) is 0.569. The number of imidazole rings is 1. The molecule has 1 aliphatic heterocycles. The summed E-state index contributed by atoms with van der Waals surface area (Å²) in [7, 11) is 1.96. The summed E-state index contributed by atoms with van der Waals surface area (Å²) in [6.45, 7) is 2.07. The number of hydrogen-bond donors (Lipinski definition) is 2. The number of tetrazole rings is 1. The first-order valence-electron chi connectivity index (χ1n) is 11.2. The SMILES string of the molecule is Cc1ccc(C(N)(c2ccc3c(c2)C(c2cccc(Cl)c2)Nc2nnnn2-3)c2cncn2C)cc1. The molecule has 2 unspecified atom stereocenters. The van der Waals surface area contributed by atoms with Crippen molar-refractivity contribution in [3.8, 4) is 5.69 Å². The van der Waals surface area contributed by atoms with Gasteiger partial charge in [-0.25, -0.2) is 4.98 Å². The highest BCUT2D eigenvalue weighted by Gasteiger charge is 2.37. The maximum atomic E-state index is 7.32. The minimum Gasteiger partial charge on any atom is -0.342 e. The Morgan fingerprint density at radius 3 is 2.57 bits per heavy atom. The zero-order valence-electron chi connectivity index (χ0n) is 19.2. The van der Waals surface area contributed by atoms with Gasteiger partial charge in [-0.15, -0.1) is 0 Å². The van der Waals surface area contributed by atoms with Gasteiger partial charge in [-0.2, -0.15) is 4.68 Å². The predicted octanol–water partition coefficient (Wildman–Crippen LogP) is 4.12. The maximum Gasteiger partial charge on any atom is 0.248 e. The third-order valence-electron chi connectivity index (χ3n) is 6.67. The third-order valence-corrected chi connectivity index (χ3v) is 6.91. The molecule has 0 saturated heterocycles. The lowest BCUT2D eigenvalue weighted by molar-refractivity contribution is 0.593. The van der Waals surface area contributed by atoms with Crippen LogP contribution in [0.5, 0.6) is 0 Å². The molecule has 5 aromatic rings. The highest BCUT2D eigenvalue weighted by Crippen LogP contribution is 2.41. The number of benzene rings is 3. The first-order valence-corrected chi connectivity index (χ1v) is 11.6. The molecule has 3 heterocycles. The second kappa shape index (κ2) is 8.04. The van der Waals surface area contributed by atoms with Crippen LogP contribution in [0.3, 0.4) is 0 Å². The third kappa shape index (κ3) is 3.41. The van der Waals surface area contributed by atoms with Gasteiger partial charge >= 0.3 is 0 Å². The molecule has 9 heteroatoms. The van der Waals surface area contributed by atoms with Gasteiger partial charge in [0.15, 0.2) is 0 Å². The summed E-state index contributed by atoms with van der Waals surface area (Å²) in [6.07, 6.45) is 3.60. The summed E-state index contributed by atoms with van der Waals surface area (Å²) < 4.78 is 3.67. The molecule has 6 rings (SSSR count). The van der Waals surface area contributed by atoms with E-state index >= 15 is 0 Å². The Labute approximate surface area is 207 Å². The molecule has 174 valence electrons. The van der Waals surface area contributed by atoms with Gasteiger partial charge in [0.05, 0.1) is 29.9 Å². The van der Waals surface area contributed by atoms with Crippen LogP contribution in [-0.4, -0.2) is 29.8 Å². The largest absolute Gasteiger partial charge is 0.342 e. The lowest BCUT2D eigenvalue weighted by Crippen LogP contribution is -2.41. The molecule has 0 radical (unpaired) electrons. The fraction of sp³-hybridized carbons (Fsp3) is 0.154. The Hall–Kier alpha value is -4.01. The summed E-state index contributed by atoms with van der Waals surface area (Å²) in [4.78, 5) is 4.36. The lowest BCUT2D eigenvalue weighted by atomic mass is 9.79. The molecule has 2 aromatic heterocycles. The number of anilines is 1. The summed E-state index contributed by atoms with van der Waals surface area (Å²) in [6, 6.07) is 22.1. The van der Waals surface area contributed by atoms with Crippen LogP contribution in [0.4, 0.5) is 5.95 Å². The van der Waals surface area contributed by atoms with E-state index in [-0.39, 0.29) is 6.04 Å². The molecular formula is C26H23ClN8. The van der Waals surface area contributed by atoms with E-state index in [9.17, 15) is 0 Å². The first kappa shape index (κ1) is 21.5. The van der Waals surface area contributed by atoms with Crippen molar-refractivity contribution in [1.82, 2.24) is 29.8 Å². The van der Waals surface area contributed by atoms with Crippen LogP contribution in [0.1, 0.15) is 39.6 Å². The Morgan fingerprint density at radius 2 is 1.83 bits per heavy atom. The average molecular weight is 483 g/mol. The second-order valence-electron chi connectivity index (χ2n) is 8.88. The molecule has 0 saturated carbocycles. The molecule has 3 N–H and O–H groups in total.